The fourth-order valence-corrected chi connectivity index (χ4v) is 1.81. The third kappa shape index (κ3) is 1.95. The minimum Gasteiger partial charge on any atom is -0.493 e. The van der Waals surface area contributed by atoms with E-state index in [0.717, 1.165) is 0 Å². The molecule has 0 saturated carbocycles. The van der Waals surface area contributed by atoms with E-state index >= 15 is 0 Å². The number of methoxy groups -OCH3 is 2. The van der Waals surface area contributed by atoms with Gasteiger partial charge in [0.1, 0.15) is 0 Å². The molecular weight excluding hydrogens is 232 g/mol. The number of fused-ring (bicyclic) bond motifs is 1. The first-order valence-electron chi connectivity index (χ1n) is 5.43. The van der Waals surface area contributed by atoms with Crippen molar-refractivity contribution in [2.75, 3.05) is 14.2 Å². The molecule has 0 saturated heterocycles. The molecule has 1 heterocycles. The summed E-state index contributed by atoms with van der Waals surface area (Å²) in [6.07, 6.45) is 2.95. The Balaban J connectivity index is 2.80. The van der Waals surface area contributed by atoms with Crippen molar-refractivity contribution in [2.45, 2.75) is 6.54 Å². The Bertz CT molecular complexity index is 646. The van der Waals surface area contributed by atoms with Gasteiger partial charge in [0.15, 0.2) is 11.5 Å². The van der Waals surface area contributed by atoms with Crippen LogP contribution in [0.15, 0.2) is 35.8 Å². The van der Waals surface area contributed by atoms with Crippen LogP contribution in [-0.4, -0.2) is 23.8 Å². The molecule has 1 aromatic heterocycles. The largest absolute Gasteiger partial charge is 0.493 e. The molecule has 5 nitrogen and oxygen atoms in total. The highest BCUT2D eigenvalue weighted by Gasteiger charge is 2.10. The molecule has 0 aliphatic carbocycles. The van der Waals surface area contributed by atoms with Crippen molar-refractivity contribution in [3.05, 3.63) is 41.3 Å². The smallest absolute Gasteiger partial charge is 0.269 e. The zero-order valence-electron chi connectivity index (χ0n) is 10.3. The van der Waals surface area contributed by atoms with E-state index in [9.17, 15) is 4.79 Å². The summed E-state index contributed by atoms with van der Waals surface area (Å²) in [5.74, 6) is 1.15. The van der Waals surface area contributed by atoms with Gasteiger partial charge >= 0.3 is 0 Å². The van der Waals surface area contributed by atoms with Crippen molar-refractivity contribution in [2.24, 2.45) is 0 Å². The molecule has 0 bridgehead atoms. The van der Waals surface area contributed by atoms with Gasteiger partial charge in [-0.05, 0) is 0 Å². The van der Waals surface area contributed by atoms with E-state index in [-0.39, 0.29) is 5.56 Å². The van der Waals surface area contributed by atoms with E-state index in [1.807, 2.05) is 0 Å². The predicted octanol–water partition coefficient (Wildman–Crippen LogP) is 1.60. The summed E-state index contributed by atoms with van der Waals surface area (Å²) in [5.41, 5.74) is 1.20. The summed E-state index contributed by atoms with van der Waals surface area (Å²) in [6, 6.07) is 3.49. The topological polar surface area (TPSA) is 53.4 Å². The molecule has 0 spiro atoms. The average Bonchev–Trinajstić information content (AvgIpc) is 2.40. The Labute approximate surface area is 104 Å². The van der Waals surface area contributed by atoms with Crippen LogP contribution in [0.2, 0.25) is 0 Å². The molecule has 0 N–H and O–H groups in total. The lowest BCUT2D eigenvalue weighted by Crippen LogP contribution is -2.19. The first kappa shape index (κ1) is 12.2. The Hall–Kier alpha value is -2.30. The highest BCUT2D eigenvalue weighted by molar-refractivity contribution is 5.79. The molecule has 94 valence electrons. The first-order valence-corrected chi connectivity index (χ1v) is 5.43. The SMILES string of the molecule is C=CCn1c(=O)cnc2cc(OC)c(OC)cc21. The first-order chi connectivity index (χ1) is 8.71. The van der Waals surface area contributed by atoms with Gasteiger partial charge in [0, 0.05) is 18.7 Å². The maximum atomic E-state index is 11.8. The molecule has 0 aliphatic rings. The average molecular weight is 246 g/mol. The van der Waals surface area contributed by atoms with Crippen LogP contribution in [0, 0.1) is 0 Å². The number of benzene rings is 1. The Morgan fingerprint density at radius 1 is 1.33 bits per heavy atom. The van der Waals surface area contributed by atoms with Crippen molar-refractivity contribution < 1.29 is 9.47 Å². The third-order valence-corrected chi connectivity index (χ3v) is 2.66. The van der Waals surface area contributed by atoms with Crippen molar-refractivity contribution in [1.82, 2.24) is 9.55 Å². The molecule has 2 rings (SSSR count). The summed E-state index contributed by atoms with van der Waals surface area (Å²) in [5, 5.41) is 0. The van der Waals surface area contributed by atoms with Gasteiger partial charge < -0.3 is 14.0 Å². The number of allylic oxidation sites excluding steroid dienone is 1. The summed E-state index contributed by atoms with van der Waals surface area (Å²) in [4.78, 5) is 15.9. The van der Waals surface area contributed by atoms with E-state index in [0.29, 0.717) is 29.1 Å². The van der Waals surface area contributed by atoms with Crippen LogP contribution < -0.4 is 15.0 Å². The number of ether oxygens (including phenoxy) is 2. The normalized spacial score (nSPS) is 10.3. The van der Waals surface area contributed by atoms with Gasteiger partial charge in [0.05, 0.1) is 31.4 Å². The van der Waals surface area contributed by atoms with Crippen LogP contribution in [0.1, 0.15) is 0 Å². The monoisotopic (exact) mass is 246 g/mol. The number of nitrogens with zero attached hydrogens (tertiary/aromatic N) is 2. The van der Waals surface area contributed by atoms with E-state index in [4.69, 9.17) is 9.47 Å². The fourth-order valence-electron chi connectivity index (χ4n) is 1.81. The van der Waals surface area contributed by atoms with E-state index in [1.165, 1.54) is 6.20 Å². The van der Waals surface area contributed by atoms with Gasteiger partial charge in [-0.15, -0.1) is 6.58 Å². The quantitative estimate of drug-likeness (QED) is 0.769. The molecule has 1 aromatic carbocycles. The van der Waals surface area contributed by atoms with Crippen LogP contribution in [-0.2, 0) is 6.54 Å². The predicted molar refractivity (Wildman–Crippen MR) is 69.3 cm³/mol. The Morgan fingerprint density at radius 2 is 2.00 bits per heavy atom. The summed E-state index contributed by atoms with van der Waals surface area (Å²) >= 11 is 0. The molecule has 5 heteroatoms. The highest BCUT2D eigenvalue weighted by atomic mass is 16.5. The third-order valence-electron chi connectivity index (χ3n) is 2.66. The van der Waals surface area contributed by atoms with Crippen molar-refractivity contribution >= 4 is 11.0 Å². The molecule has 0 fully saturated rings. The molecule has 0 aliphatic heterocycles. The van der Waals surface area contributed by atoms with Gasteiger partial charge in [-0.1, -0.05) is 6.08 Å². The van der Waals surface area contributed by atoms with Gasteiger partial charge in [-0.2, -0.15) is 0 Å². The van der Waals surface area contributed by atoms with Gasteiger partial charge in [-0.25, -0.2) is 4.98 Å². The Kier molecular flexibility index (Phi) is 3.32. The number of rotatable bonds is 4. The van der Waals surface area contributed by atoms with Gasteiger partial charge in [0.2, 0.25) is 0 Å². The maximum Gasteiger partial charge on any atom is 0.269 e. The van der Waals surface area contributed by atoms with Crippen LogP contribution in [0.5, 0.6) is 11.5 Å². The lowest BCUT2D eigenvalue weighted by Gasteiger charge is -2.11. The Morgan fingerprint density at radius 3 is 2.61 bits per heavy atom. The van der Waals surface area contributed by atoms with Gasteiger partial charge in [-0.3, -0.25) is 4.79 Å². The fraction of sp³-hybridized carbons (Fsp3) is 0.231. The molecule has 0 radical (unpaired) electrons. The number of hydrogen-bond donors (Lipinski definition) is 0. The number of hydrogen-bond acceptors (Lipinski definition) is 4. The van der Waals surface area contributed by atoms with Crippen LogP contribution in [0.3, 0.4) is 0 Å². The minimum absolute atomic E-state index is 0.172. The summed E-state index contributed by atoms with van der Waals surface area (Å²) < 4.78 is 12.0. The van der Waals surface area contributed by atoms with E-state index < -0.39 is 0 Å². The number of aromatic nitrogens is 2. The zero-order chi connectivity index (χ0) is 13.1. The lowest BCUT2D eigenvalue weighted by atomic mass is 10.2. The molecule has 0 unspecified atom stereocenters. The van der Waals surface area contributed by atoms with E-state index in [2.05, 4.69) is 11.6 Å². The second-order valence-corrected chi connectivity index (χ2v) is 3.69. The molecular formula is C13H14N2O3. The lowest BCUT2D eigenvalue weighted by molar-refractivity contribution is 0.355. The minimum atomic E-state index is -0.172. The highest BCUT2D eigenvalue weighted by Crippen LogP contribution is 2.30. The summed E-state index contributed by atoms with van der Waals surface area (Å²) in [6.45, 7) is 4.07. The maximum absolute atomic E-state index is 11.8. The van der Waals surface area contributed by atoms with Crippen molar-refractivity contribution in [1.29, 1.82) is 0 Å². The molecule has 0 atom stereocenters. The molecule has 2 aromatic rings. The van der Waals surface area contributed by atoms with Crippen LogP contribution in [0.4, 0.5) is 0 Å². The van der Waals surface area contributed by atoms with Gasteiger partial charge in [0.25, 0.3) is 5.56 Å². The standard InChI is InChI=1S/C13H14N2O3/c1-4-5-15-10-7-12(18-3)11(17-2)6-9(10)14-8-13(15)16/h4,6-8H,1,5H2,2-3H3. The summed E-state index contributed by atoms with van der Waals surface area (Å²) in [7, 11) is 3.11. The second kappa shape index (κ2) is 4.91. The molecule has 18 heavy (non-hydrogen) atoms. The van der Waals surface area contributed by atoms with Crippen LogP contribution in [0.25, 0.3) is 11.0 Å². The van der Waals surface area contributed by atoms with E-state index in [1.54, 1.807) is 37.0 Å². The van der Waals surface area contributed by atoms with Crippen molar-refractivity contribution in [3.63, 3.8) is 0 Å². The van der Waals surface area contributed by atoms with Crippen LogP contribution >= 0.6 is 0 Å². The molecule has 0 amide bonds. The van der Waals surface area contributed by atoms with Crippen molar-refractivity contribution in [3.8, 4) is 11.5 Å². The zero-order valence-corrected chi connectivity index (χ0v) is 10.3. The second-order valence-electron chi connectivity index (χ2n) is 3.69.